The highest BCUT2D eigenvalue weighted by Gasteiger charge is 2.04. The fourth-order valence-electron chi connectivity index (χ4n) is 1.43. The lowest BCUT2D eigenvalue weighted by molar-refractivity contribution is 0.651. The number of anilines is 1. The zero-order valence-corrected chi connectivity index (χ0v) is 9.30. The summed E-state index contributed by atoms with van der Waals surface area (Å²) < 4.78 is 1.77. The number of aromatic nitrogens is 4. The fraction of sp³-hybridized carbons (Fsp3) is 0.364. The minimum atomic E-state index is 0.694. The molecule has 0 radical (unpaired) electrons. The zero-order valence-electron chi connectivity index (χ0n) is 9.30. The lowest BCUT2D eigenvalue weighted by Gasteiger charge is -2.05. The van der Waals surface area contributed by atoms with Crippen molar-refractivity contribution in [2.75, 3.05) is 11.9 Å². The van der Waals surface area contributed by atoms with Crippen molar-refractivity contribution < 1.29 is 0 Å². The van der Waals surface area contributed by atoms with Crippen LogP contribution in [-0.4, -0.2) is 26.8 Å². The monoisotopic (exact) mass is 217 g/mol. The third kappa shape index (κ3) is 2.56. The van der Waals surface area contributed by atoms with E-state index in [1.54, 1.807) is 4.68 Å². The van der Waals surface area contributed by atoms with Crippen LogP contribution in [0, 0.1) is 0 Å². The fourth-order valence-corrected chi connectivity index (χ4v) is 1.43. The Morgan fingerprint density at radius 1 is 1.25 bits per heavy atom. The van der Waals surface area contributed by atoms with E-state index in [4.69, 9.17) is 0 Å². The van der Waals surface area contributed by atoms with Crippen molar-refractivity contribution in [3.05, 3.63) is 35.9 Å². The van der Waals surface area contributed by atoms with E-state index in [9.17, 15) is 0 Å². The van der Waals surface area contributed by atoms with Crippen LogP contribution in [0.1, 0.15) is 18.9 Å². The molecule has 0 aliphatic carbocycles. The third-order valence-corrected chi connectivity index (χ3v) is 2.24. The summed E-state index contributed by atoms with van der Waals surface area (Å²) in [7, 11) is 0. The predicted octanol–water partition coefficient (Wildman–Crippen LogP) is 1.54. The maximum absolute atomic E-state index is 3.96. The molecule has 16 heavy (non-hydrogen) atoms. The first-order chi connectivity index (χ1) is 7.90. The number of rotatable bonds is 5. The van der Waals surface area contributed by atoms with Gasteiger partial charge in [-0.15, -0.1) is 0 Å². The van der Waals surface area contributed by atoms with E-state index in [0.29, 0.717) is 6.54 Å². The lowest BCUT2D eigenvalue weighted by Crippen LogP contribution is -2.10. The molecule has 1 N–H and O–H groups in total. The van der Waals surface area contributed by atoms with Gasteiger partial charge in [0.2, 0.25) is 5.95 Å². The van der Waals surface area contributed by atoms with Gasteiger partial charge in [0, 0.05) is 6.54 Å². The summed E-state index contributed by atoms with van der Waals surface area (Å²) in [6.07, 6.45) is 1.05. The first-order valence-corrected chi connectivity index (χ1v) is 5.44. The molecule has 0 unspecified atom stereocenters. The van der Waals surface area contributed by atoms with Crippen molar-refractivity contribution in [2.24, 2.45) is 0 Å². The molecule has 0 amide bonds. The first-order valence-electron chi connectivity index (χ1n) is 5.44. The molecule has 1 aromatic carbocycles. The Kier molecular flexibility index (Phi) is 3.48. The molecule has 0 aliphatic rings. The first kappa shape index (κ1) is 10.6. The molecular weight excluding hydrogens is 202 g/mol. The van der Waals surface area contributed by atoms with Gasteiger partial charge < -0.3 is 5.32 Å². The minimum Gasteiger partial charge on any atom is -0.353 e. The zero-order chi connectivity index (χ0) is 11.2. The molecular formula is C11H15N5. The average molecular weight is 217 g/mol. The van der Waals surface area contributed by atoms with Crippen LogP contribution in [0.3, 0.4) is 0 Å². The molecule has 2 rings (SSSR count). The molecule has 84 valence electrons. The van der Waals surface area contributed by atoms with Gasteiger partial charge in [-0.3, -0.25) is 0 Å². The van der Waals surface area contributed by atoms with Gasteiger partial charge in [0.05, 0.1) is 6.54 Å². The van der Waals surface area contributed by atoms with E-state index < -0.39 is 0 Å². The number of nitrogens with one attached hydrogen (secondary N) is 1. The highest BCUT2D eigenvalue weighted by atomic mass is 15.6. The Bertz CT molecular complexity index is 423. The summed E-state index contributed by atoms with van der Waals surface area (Å²) in [6.45, 7) is 3.69. The normalized spacial score (nSPS) is 10.3. The van der Waals surface area contributed by atoms with Crippen LogP contribution in [-0.2, 0) is 6.54 Å². The van der Waals surface area contributed by atoms with Crippen molar-refractivity contribution in [1.82, 2.24) is 20.2 Å². The molecule has 1 aromatic heterocycles. The molecule has 5 nitrogen and oxygen atoms in total. The Labute approximate surface area is 94.5 Å². The average Bonchev–Trinajstić information content (AvgIpc) is 2.75. The minimum absolute atomic E-state index is 0.694. The van der Waals surface area contributed by atoms with Gasteiger partial charge in [-0.2, -0.15) is 0 Å². The predicted molar refractivity (Wildman–Crippen MR) is 62.1 cm³/mol. The molecule has 0 aliphatic heterocycles. The second kappa shape index (κ2) is 5.25. The molecule has 0 fully saturated rings. The number of hydrogen-bond acceptors (Lipinski definition) is 4. The molecule has 0 spiro atoms. The van der Waals surface area contributed by atoms with Gasteiger partial charge in [0.25, 0.3) is 0 Å². The topological polar surface area (TPSA) is 55.6 Å². The van der Waals surface area contributed by atoms with Crippen LogP contribution < -0.4 is 5.32 Å². The quantitative estimate of drug-likeness (QED) is 0.825. The van der Waals surface area contributed by atoms with Crippen molar-refractivity contribution in [3.8, 4) is 0 Å². The van der Waals surface area contributed by atoms with Crippen LogP contribution >= 0.6 is 0 Å². The summed E-state index contributed by atoms with van der Waals surface area (Å²) in [5.74, 6) is 0.728. The van der Waals surface area contributed by atoms with Crippen LogP contribution in [0.5, 0.6) is 0 Å². The van der Waals surface area contributed by atoms with Crippen LogP contribution in [0.15, 0.2) is 30.3 Å². The van der Waals surface area contributed by atoms with E-state index in [2.05, 4.69) is 39.9 Å². The largest absolute Gasteiger partial charge is 0.353 e. The number of tetrazole rings is 1. The summed E-state index contributed by atoms with van der Waals surface area (Å²) in [4.78, 5) is 0. The summed E-state index contributed by atoms with van der Waals surface area (Å²) in [5.41, 5.74) is 1.19. The summed E-state index contributed by atoms with van der Waals surface area (Å²) in [6, 6.07) is 10.1. The van der Waals surface area contributed by atoms with Gasteiger partial charge in [0.1, 0.15) is 0 Å². The standard InChI is InChI=1S/C11H15N5/c1-2-8-12-11-13-14-15-16(11)9-10-6-4-3-5-7-10/h3-7H,2,8-9H2,1H3,(H,12,13,15). The number of nitrogens with zero attached hydrogens (tertiary/aromatic N) is 4. The highest BCUT2D eigenvalue weighted by Crippen LogP contribution is 2.05. The van der Waals surface area contributed by atoms with E-state index in [1.165, 1.54) is 5.56 Å². The Morgan fingerprint density at radius 2 is 2.06 bits per heavy atom. The van der Waals surface area contributed by atoms with Gasteiger partial charge in [-0.1, -0.05) is 42.4 Å². The molecule has 1 heterocycles. The van der Waals surface area contributed by atoms with Crippen molar-refractivity contribution in [2.45, 2.75) is 19.9 Å². The smallest absolute Gasteiger partial charge is 0.243 e. The molecule has 2 aromatic rings. The van der Waals surface area contributed by atoms with Crippen LogP contribution in [0.4, 0.5) is 5.95 Å². The molecule has 0 saturated carbocycles. The summed E-state index contributed by atoms with van der Waals surface area (Å²) in [5, 5.41) is 14.8. The van der Waals surface area contributed by atoms with Gasteiger partial charge in [-0.05, 0) is 22.4 Å². The number of benzene rings is 1. The maximum Gasteiger partial charge on any atom is 0.243 e. The van der Waals surface area contributed by atoms with Crippen molar-refractivity contribution >= 4 is 5.95 Å². The van der Waals surface area contributed by atoms with E-state index in [0.717, 1.165) is 18.9 Å². The summed E-state index contributed by atoms with van der Waals surface area (Å²) >= 11 is 0. The van der Waals surface area contributed by atoms with E-state index in [1.807, 2.05) is 18.2 Å². The molecule has 0 atom stereocenters. The van der Waals surface area contributed by atoms with E-state index in [-0.39, 0.29) is 0 Å². The van der Waals surface area contributed by atoms with Crippen LogP contribution in [0.25, 0.3) is 0 Å². The van der Waals surface area contributed by atoms with Crippen LogP contribution in [0.2, 0.25) is 0 Å². The van der Waals surface area contributed by atoms with Crippen molar-refractivity contribution in [1.29, 1.82) is 0 Å². The Balaban J connectivity index is 2.07. The Morgan fingerprint density at radius 3 is 2.81 bits per heavy atom. The third-order valence-electron chi connectivity index (χ3n) is 2.24. The van der Waals surface area contributed by atoms with Crippen molar-refractivity contribution in [3.63, 3.8) is 0 Å². The molecule has 0 saturated heterocycles. The van der Waals surface area contributed by atoms with E-state index >= 15 is 0 Å². The Hall–Kier alpha value is -1.91. The maximum atomic E-state index is 3.96. The second-order valence-electron chi connectivity index (χ2n) is 3.57. The number of hydrogen-bond donors (Lipinski definition) is 1. The van der Waals surface area contributed by atoms with Gasteiger partial charge >= 0.3 is 0 Å². The highest BCUT2D eigenvalue weighted by molar-refractivity contribution is 5.23. The molecule has 5 heteroatoms. The van der Waals surface area contributed by atoms with Gasteiger partial charge in [0.15, 0.2) is 0 Å². The lowest BCUT2D eigenvalue weighted by atomic mass is 10.2. The molecule has 0 bridgehead atoms. The second-order valence-corrected chi connectivity index (χ2v) is 3.57. The van der Waals surface area contributed by atoms with Gasteiger partial charge in [-0.25, -0.2) is 4.68 Å². The SMILES string of the molecule is CCCNc1nnnn1Cc1ccccc1.